The van der Waals surface area contributed by atoms with Gasteiger partial charge in [-0.3, -0.25) is 9.11 Å². The lowest BCUT2D eigenvalue weighted by atomic mass is 10.2. The minimum atomic E-state index is -0.838. The Labute approximate surface area is 242 Å². The third-order valence-electron chi connectivity index (χ3n) is 7.98. The Morgan fingerprint density at radius 2 is 1.88 bits per heavy atom. The van der Waals surface area contributed by atoms with E-state index in [0.717, 1.165) is 23.5 Å². The zero-order valence-electron chi connectivity index (χ0n) is 22.8. The van der Waals surface area contributed by atoms with Crippen molar-refractivity contribution in [1.29, 1.82) is 0 Å². The minimum Gasteiger partial charge on any atom is -0.487 e. The summed E-state index contributed by atoms with van der Waals surface area (Å²) in [6.45, 7) is 3.89. The second-order valence-electron chi connectivity index (χ2n) is 10.6. The van der Waals surface area contributed by atoms with E-state index in [-0.39, 0.29) is 17.8 Å². The zero-order chi connectivity index (χ0) is 28.8. The molecule has 7 rings (SSSR count). The van der Waals surface area contributed by atoms with Crippen molar-refractivity contribution >= 4 is 39.0 Å². The number of hydrogen-bond donors (Lipinski definition) is 1. The molecule has 0 atom stereocenters. The van der Waals surface area contributed by atoms with Crippen LogP contribution in [0.3, 0.4) is 0 Å². The molecule has 0 aliphatic carbocycles. The monoisotopic (exact) mass is 596 g/mol. The Morgan fingerprint density at radius 1 is 1.07 bits per heavy atom. The first-order valence-electron chi connectivity index (χ1n) is 14.0. The molecular weight excluding hydrogens is 566 g/mol. The van der Waals surface area contributed by atoms with Crippen molar-refractivity contribution in [3.63, 3.8) is 0 Å². The SMILES string of the molecule is Nc1nc2c(cnn2CCN2CCN(c3cc(OC4CCS(=O)CC4)c(F)cc3F)CC2)c2cc(-c3ccco3)nn12. The molecule has 14 heteroatoms. The van der Waals surface area contributed by atoms with Gasteiger partial charge < -0.3 is 19.8 Å². The zero-order valence-corrected chi connectivity index (χ0v) is 23.6. The Kier molecular flexibility index (Phi) is 7.02. The molecule has 0 unspecified atom stereocenters. The predicted molar refractivity (Wildman–Crippen MR) is 155 cm³/mol. The largest absolute Gasteiger partial charge is 0.487 e. The molecule has 0 bridgehead atoms. The molecule has 2 fully saturated rings. The van der Waals surface area contributed by atoms with E-state index >= 15 is 0 Å². The Hall–Kier alpha value is -4.04. The molecule has 0 amide bonds. The van der Waals surface area contributed by atoms with Gasteiger partial charge in [-0.05, 0) is 31.0 Å². The number of aromatic nitrogens is 5. The minimum absolute atomic E-state index is 0.0485. The number of piperazine rings is 1. The first kappa shape index (κ1) is 26.8. The highest BCUT2D eigenvalue weighted by Crippen LogP contribution is 2.31. The molecule has 11 nitrogen and oxygen atoms in total. The molecule has 0 spiro atoms. The molecule has 42 heavy (non-hydrogen) atoms. The Bertz CT molecular complexity index is 1750. The van der Waals surface area contributed by atoms with Gasteiger partial charge in [0.25, 0.3) is 0 Å². The number of furan rings is 1. The molecule has 5 aromatic rings. The highest BCUT2D eigenvalue weighted by atomic mass is 32.2. The summed E-state index contributed by atoms with van der Waals surface area (Å²) in [4.78, 5) is 8.77. The molecule has 2 aliphatic rings. The molecule has 4 aromatic heterocycles. The van der Waals surface area contributed by atoms with Crippen LogP contribution in [0.5, 0.6) is 5.75 Å². The number of anilines is 2. The number of hydrogen-bond acceptors (Lipinski definition) is 9. The fourth-order valence-electron chi connectivity index (χ4n) is 5.66. The van der Waals surface area contributed by atoms with Gasteiger partial charge in [0.15, 0.2) is 23.0 Å². The van der Waals surface area contributed by atoms with Crippen molar-refractivity contribution in [2.75, 3.05) is 54.9 Å². The second kappa shape index (κ2) is 11.0. The van der Waals surface area contributed by atoms with Crippen LogP contribution in [0.4, 0.5) is 20.4 Å². The lowest BCUT2D eigenvalue weighted by Crippen LogP contribution is -2.47. The number of nitrogens with zero attached hydrogens (tertiary/aromatic N) is 7. The van der Waals surface area contributed by atoms with Crippen molar-refractivity contribution in [2.24, 2.45) is 0 Å². The quantitative estimate of drug-likeness (QED) is 0.302. The first-order chi connectivity index (χ1) is 20.4. The van der Waals surface area contributed by atoms with Crippen molar-refractivity contribution in [3.05, 3.63) is 54.4 Å². The van der Waals surface area contributed by atoms with E-state index in [9.17, 15) is 13.0 Å². The third-order valence-corrected chi connectivity index (χ3v) is 9.36. The maximum absolute atomic E-state index is 14.8. The van der Waals surface area contributed by atoms with Crippen molar-refractivity contribution < 1.29 is 22.1 Å². The first-order valence-corrected chi connectivity index (χ1v) is 15.4. The van der Waals surface area contributed by atoms with Gasteiger partial charge in [0.2, 0.25) is 5.95 Å². The summed E-state index contributed by atoms with van der Waals surface area (Å²) in [5.41, 5.74) is 8.71. The Morgan fingerprint density at radius 3 is 2.64 bits per heavy atom. The second-order valence-corrected chi connectivity index (χ2v) is 12.3. The average Bonchev–Trinajstić information content (AvgIpc) is 3.75. The maximum Gasteiger partial charge on any atom is 0.223 e. The number of rotatable bonds is 7. The van der Waals surface area contributed by atoms with Crippen LogP contribution in [0, 0.1) is 11.6 Å². The summed E-state index contributed by atoms with van der Waals surface area (Å²) >= 11 is 0. The van der Waals surface area contributed by atoms with Gasteiger partial charge in [-0.1, -0.05) is 0 Å². The van der Waals surface area contributed by atoms with E-state index in [1.807, 2.05) is 21.7 Å². The predicted octanol–water partition coefficient (Wildman–Crippen LogP) is 3.31. The molecule has 1 aromatic carbocycles. The van der Waals surface area contributed by atoms with E-state index in [4.69, 9.17) is 14.9 Å². The van der Waals surface area contributed by atoms with Crippen molar-refractivity contribution in [2.45, 2.75) is 25.5 Å². The molecule has 2 N–H and O–H groups in total. The highest BCUT2D eigenvalue weighted by molar-refractivity contribution is 7.85. The Balaban J connectivity index is 1.01. The summed E-state index contributed by atoms with van der Waals surface area (Å²) in [6, 6.07) is 7.92. The van der Waals surface area contributed by atoms with Crippen LogP contribution in [0.1, 0.15) is 12.8 Å². The van der Waals surface area contributed by atoms with Gasteiger partial charge >= 0.3 is 0 Å². The van der Waals surface area contributed by atoms with Gasteiger partial charge in [-0.15, -0.1) is 0 Å². The van der Waals surface area contributed by atoms with Crippen LogP contribution >= 0.6 is 0 Å². The van der Waals surface area contributed by atoms with Gasteiger partial charge in [-0.25, -0.2) is 13.5 Å². The molecule has 6 heterocycles. The molecule has 0 radical (unpaired) electrons. The summed E-state index contributed by atoms with van der Waals surface area (Å²) in [5.74, 6) is 0.715. The molecular formula is C28H30F2N8O3S. The summed E-state index contributed by atoms with van der Waals surface area (Å²) < 4.78 is 55.8. The van der Waals surface area contributed by atoms with E-state index in [2.05, 4.69) is 20.1 Å². The number of halogens is 2. The third kappa shape index (κ3) is 5.09. The standard InChI is InChI=1S/C28H30F2N8O3S/c29-20-14-21(30)26(41-18-3-12-42(39)13-4-18)16-24(20)36-8-5-35(6-9-36)7-10-37-27-19(17-32-37)23-15-22(25-2-1-11-40-25)34-38(23)28(31)33-27/h1-2,11,14-18H,3-10,12-13H2,(H2,31,33). The average molecular weight is 597 g/mol. The van der Waals surface area contributed by atoms with Crippen LogP contribution in [0.15, 0.2) is 47.2 Å². The number of nitrogen functional groups attached to an aromatic ring is 1. The van der Waals surface area contributed by atoms with Crippen LogP contribution in [0.25, 0.3) is 28.0 Å². The summed E-state index contributed by atoms with van der Waals surface area (Å²) in [7, 11) is -0.838. The van der Waals surface area contributed by atoms with Crippen LogP contribution < -0.4 is 15.4 Å². The molecule has 0 saturated carbocycles. The molecule has 2 aliphatic heterocycles. The fraction of sp³-hybridized carbons (Fsp3) is 0.393. The molecule has 2 saturated heterocycles. The van der Waals surface area contributed by atoms with Gasteiger partial charge in [0, 0.05) is 67.2 Å². The normalized spacial score (nSPS) is 20.1. The van der Waals surface area contributed by atoms with E-state index < -0.39 is 22.4 Å². The molecule has 220 valence electrons. The van der Waals surface area contributed by atoms with Crippen LogP contribution in [-0.4, -0.2) is 83.8 Å². The number of benzene rings is 1. The topological polar surface area (TPSA) is 120 Å². The van der Waals surface area contributed by atoms with E-state index in [0.29, 0.717) is 79.9 Å². The lowest BCUT2D eigenvalue weighted by molar-refractivity contribution is 0.182. The van der Waals surface area contributed by atoms with E-state index in [1.165, 1.54) is 6.07 Å². The van der Waals surface area contributed by atoms with Crippen molar-refractivity contribution in [1.82, 2.24) is 29.3 Å². The lowest BCUT2D eigenvalue weighted by Gasteiger charge is -2.36. The highest BCUT2D eigenvalue weighted by Gasteiger charge is 2.25. The maximum atomic E-state index is 14.8. The number of nitrogens with two attached hydrogens (primary N) is 1. The van der Waals surface area contributed by atoms with E-state index in [1.54, 1.807) is 23.0 Å². The smallest absolute Gasteiger partial charge is 0.223 e. The summed E-state index contributed by atoms with van der Waals surface area (Å²) in [5, 5.41) is 9.94. The van der Waals surface area contributed by atoms with Gasteiger partial charge in [0.05, 0.1) is 35.6 Å². The van der Waals surface area contributed by atoms with Crippen molar-refractivity contribution in [3.8, 4) is 17.2 Å². The van der Waals surface area contributed by atoms with Gasteiger partial charge in [-0.2, -0.15) is 19.7 Å². The van der Waals surface area contributed by atoms with Crippen LogP contribution in [-0.2, 0) is 17.3 Å². The van der Waals surface area contributed by atoms with Gasteiger partial charge in [0.1, 0.15) is 17.6 Å². The van der Waals surface area contributed by atoms with Crippen LogP contribution in [0.2, 0.25) is 0 Å². The number of ether oxygens (including phenoxy) is 1. The fourth-order valence-corrected chi connectivity index (χ4v) is 6.91. The number of fused-ring (bicyclic) bond motifs is 3. The summed E-state index contributed by atoms with van der Waals surface area (Å²) in [6.07, 6.45) is 4.36.